The maximum Gasteiger partial charge on any atom is 0.328 e. The first-order valence-electron chi connectivity index (χ1n) is 10.3. The van der Waals surface area contributed by atoms with E-state index >= 15 is 0 Å². The number of unbranched alkanes of at least 4 members (excludes halogenated alkanes) is 4. The summed E-state index contributed by atoms with van der Waals surface area (Å²) in [6, 6.07) is 6.91. The van der Waals surface area contributed by atoms with E-state index in [2.05, 4.69) is 6.92 Å². The molecule has 4 heteroatoms. The topological polar surface area (TPSA) is 63.6 Å². The fraction of sp³-hybridized carbons (Fsp3) is 0.565. The standard InChI is InChI=1S/C23H32O4/c1-2-3-4-5-6-7-18-8-13-20(14-9-18)23(26)27-21-15-10-19(11-16-21)12-17-22(24)25/h10-12,15-18,20H,2-9,13-14H2,1H3,(H,24,25)/b17-12+. The molecular formula is C23H32O4. The van der Waals surface area contributed by atoms with E-state index in [0.29, 0.717) is 5.75 Å². The van der Waals surface area contributed by atoms with Gasteiger partial charge >= 0.3 is 11.9 Å². The van der Waals surface area contributed by atoms with Crippen molar-refractivity contribution in [3.63, 3.8) is 0 Å². The van der Waals surface area contributed by atoms with Crippen molar-refractivity contribution >= 4 is 18.0 Å². The highest BCUT2D eigenvalue weighted by Gasteiger charge is 2.27. The van der Waals surface area contributed by atoms with Gasteiger partial charge in [-0.1, -0.05) is 57.6 Å². The van der Waals surface area contributed by atoms with Crippen LogP contribution in [0.1, 0.15) is 76.7 Å². The lowest BCUT2D eigenvalue weighted by atomic mass is 9.80. The van der Waals surface area contributed by atoms with Crippen molar-refractivity contribution in [2.75, 3.05) is 0 Å². The van der Waals surface area contributed by atoms with Crippen LogP contribution in [-0.2, 0) is 9.59 Å². The Kier molecular flexibility index (Phi) is 9.09. The van der Waals surface area contributed by atoms with Crippen LogP contribution in [0.25, 0.3) is 6.08 Å². The van der Waals surface area contributed by atoms with Crippen molar-refractivity contribution in [2.45, 2.75) is 71.1 Å². The molecule has 0 aromatic heterocycles. The fourth-order valence-electron chi connectivity index (χ4n) is 3.74. The van der Waals surface area contributed by atoms with Crippen LogP contribution in [0.3, 0.4) is 0 Å². The minimum Gasteiger partial charge on any atom is -0.478 e. The highest BCUT2D eigenvalue weighted by molar-refractivity contribution is 5.85. The van der Waals surface area contributed by atoms with Crippen LogP contribution >= 0.6 is 0 Å². The Morgan fingerprint density at radius 1 is 1.04 bits per heavy atom. The molecule has 2 rings (SSSR count). The lowest BCUT2D eigenvalue weighted by Gasteiger charge is -2.27. The van der Waals surface area contributed by atoms with E-state index in [0.717, 1.165) is 43.2 Å². The van der Waals surface area contributed by atoms with E-state index in [4.69, 9.17) is 9.84 Å². The van der Waals surface area contributed by atoms with Gasteiger partial charge in [-0.05, 0) is 55.4 Å². The van der Waals surface area contributed by atoms with Crippen LogP contribution in [0.5, 0.6) is 5.75 Å². The average Bonchev–Trinajstić information content (AvgIpc) is 2.67. The summed E-state index contributed by atoms with van der Waals surface area (Å²) >= 11 is 0. The number of carbonyl (C=O) groups is 2. The Balaban J connectivity index is 1.70. The molecule has 0 unspecified atom stereocenters. The predicted molar refractivity (Wildman–Crippen MR) is 108 cm³/mol. The van der Waals surface area contributed by atoms with Crippen LogP contribution < -0.4 is 4.74 Å². The molecule has 1 aliphatic carbocycles. The lowest BCUT2D eigenvalue weighted by Crippen LogP contribution is -2.25. The van der Waals surface area contributed by atoms with Gasteiger partial charge in [-0.15, -0.1) is 0 Å². The Labute approximate surface area is 162 Å². The molecule has 1 saturated carbocycles. The van der Waals surface area contributed by atoms with Crippen LogP contribution in [0.4, 0.5) is 0 Å². The monoisotopic (exact) mass is 372 g/mol. The van der Waals surface area contributed by atoms with Crippen LogP contribution in [0.15, 0.2) is 30.3 Å². The van der Waals surface area contributed by atoms with Gasteiger partial charge in [-0.25, -0.2) is 4.79 Å². The maximum atomic E-state index is 12.4. The molecule has 1 aromatic carbocycles. The molecule has 0 spiro atoms. The minimum atomic E-state index is -0.984. The first-order chi connectivity index (χ1) is 13.1. The highest BCUT2D eigenvalue weighted by atomic mass is 16.5. The van der Waals surface area contributed by atoms with Gasteiger partial charge in [0.25, 0.3) is 0 Å². The summed E-state index contributed by atoms with van der Waals surface area (Å²) in [4.78, 5) is 22.9. The third kappa shape index (κ3) is 7.98. The molecule has 0 radical (unpaired) electrons. The number of aliphatic carboxylic acids is 1. The first-order valence-corrected chi connectivity index (χ1v) is 10.3. The Morgan fingerprint density at radius 2 is 1.70 bits per heavy atom. The van der Waals surface area contributed by atoms with Gasteiger partial charge in [0, 0.05) is 6.08 Å². The molecule has 1 N–H and O–H groups in total. The summed E-state index contributed by atoms with van der Waals surface area (Å²) in [6.45, 7) is 2.24. The second-order valence-corrected chi connectivity index (χ2v) is 7.58. The predicted octanol–water partition coefficient (Wildman–Crippen LogP) is 5.86. The largest absolute Gasteiger partial charge is 0.478 e. The normalized spacial score (nSPS) is 19.9. The summed E-state index contributed by atoms with van der Waals surface area (Å²) in [7, 11) is 0. The Hall–Kier alpha value is -2.10. The number of benzene rings is 1. The number of esters is 1. The average molecular weight is 373 g/mol. The molecule has 0 atom stereocenters. The SMILES string of the molecule is CCCCCCCC1CCC(C(=O)Oc2ccc(/C=C/C(=O)O)cc2)CC1. The van der Waals surface area contributed by atoms with E-state index < -0.39 is 5.97 Å². The molecule has 4 nitrogen and oxygen atoms in total. The zero-order chi connectivity index (χ0) is 19.5. The van der Waals surface area contributed by atoms with Crippen molar-refractivity contribution in [1.82, 2.24) is 0 Å². The molecule has 0 aliphatic heterocycles. The van der Waals surface area contributed by atoms with Crippen molar-refractivity contribution in [2.24, 2.45) is 11.8 Å². The quantitative estimate of drug-likeness (QED) is 0.242. The van der Waals surface area contributed by atoms with E-state index in [1.165, 1.54) is 44.6 Å². The van der Waals surface area contributed by atoms with E-state index in [-0.39, 0.29) is 11.9 Å². The fourth-order valence-corrected chi connectivity index (χ4v) is 3.74. The van der Waals surface area contributed by atoms with Gasteiger partial charge in [0.2, 0.25) is 0 Å². The summed E-state index contributed by atoms with van der Waals surface area (Å²) in [6.07, 6.45) is 14.7. The smallest absolute Gasteiger partial charge is 0.328 e. The minimum absolute atomic E-state index is 0.00734. The summed E-state index contributed by atoms with van der Waals surface area (Å²) < 4.78 is 5.52. The molecule has 1 aliphatic rings. The van der Waals surface area contributed by atoms with Gasteiger partial charge in [0.05, 0.1) is 5.92 Å². The third-order valence-electron chi connectivity index (χ3n) is 5.41. The molecular weight excluding hydrogens is 340 g/mol. The molecule has 27 heavy (non-hydrogen) atoms. The number of carboxylic acids is 1. The van der Waals surface area contributed by atoms with Crippen molar-refractivity contribution in [1.29, 1.82) is 0 Å². The molecule has 1 aromatic rings. The molecule has 0 saturated heterocycles. The Morgan fingerprint density at radius 3 is 2.33 bits per heavy atom. The molecule has 1 fully saturated rings. The zero-order valence-corrected chi connectivity index (χ0v) is 16.4. The number of carboxylic acid groups (broad SMARTS) is 1. The summed E-state index contributed by atoms with van der Waals surface area (Å²) in [5.74, 6) is 0.182. The number of rotatable bonds is 10. The highest BCUT2D eigenvalue weighted by Crippen LogP contribution is 2.33. The molecule has 0 bridgehead atoms. The summed E-state index contributed by atoms with van der Waals surface area (Å²) in [5, 5.41) is 8.64. The van der Waals surface area contributed by atoms with Crippen LogP contribution in [0, 0.1) is 11.8 Å². The van der Waals surface area contributed by atoms with E-state index in [1.54, 1.807) is 24.3 Å². The zero-order valence-electron chi connectivity index (χ0n) is 16.4. The number of hydrogen-bond donors (Lipinski definition) is 1. The van der Waals surface area contributed by atoms with Crippen molar-refractivity contribution < 1.29 is 19.4 Å². The number of ether oxygens (including phenoxy) is 1. The second kappa shape index (κ2) is 11.6. The van der Waals surface area contributed by atoms with Gasteiger partial charge in [-0.3, -0.25) is 4.79 Å². The van der Waals surface area contributed by atoms with Crippen molar-refractivity contribution in [3.05, 3.63) is 35.9 Å². The van der Waals surface area contributed by atoms with Gasteiger partial charge in [-0.2, -0.15) is 0 Å². The maximum absolute atomic E-state index is 12.4. The Bertz CT molecular complexity index is 610. The van der Waals surface area contributed by atoms with Gasteiger partial charge in [0.1, 0.15) is 5.75 Å². The first kappa shape index (κ1) is 21.2. The third-order valence-corrected chi connectivity index (χ3v) is 5.41. The van der Waals surface area contributed by atoms with Gasteiger partial charge < -0.3 is 9.84 Å². The van der Waals surface area contributed by atoms with E-state index in [1.807, 2.05) is 0 Å². The molecule has 0 amide bonds. The summed E-state index contributed by atoms with van der Waals surface area (Å²) in [5.41, 5.74) is 0.761. The molecule has 0 heterocycles. The molecule has 148 valence electrons. The van der Waals surface area contributed by atoms with E-state index in [9.17, 15) is 9.59 Å². The van der Waals surface area contributed by atoms with Gasteiger partial charge in [0.15, 0.2) is 0 Å². The van der Waals surface area contributed by atoms with Crippen molar-refractivity contribution in [3.8, 4) is 5.75 Å². The second-order valence-electron chi connectivity index (χ2n) is 7.58. The van der Waals surface area contributed by atoms with Crippen LogP contribution in [0.2, 0.25) is 0 Å². The number of carbonyl (C=O) groups excluding carboxylic acids is 1. The lowest BCUT2D eigenvalue weighted by molar-refractivity contribution is -0.140. The van der Waals surface area contributed by atoms with Crippen LogP contribution in [-0.4, -0.2) is 17.0 Å². The number of hydrogen-bond acceptors (Lipinski definition) is 3.